The summed E-state index contributed by atoms with van der Waals surface area (Å²) in [6, 6.07) is 9.29. The van der Waals surface area contributed by atoms with Crippen molar-refractivity contribution in [3.05, 3.63) is 48.2 Å². The van der Waals surface area contributed by atoms with E-state index in [9.17, 15) is 0 Å². The predicted molar refractivity (Wildman–Crippen MR) is 127 cm³/mol. The summed E-state index contributed by atoms with van der Waals surface area (Å²) >= 11 is 0. The maximum Gasteiger partial charge on any atom is 0.230 e. The van der Waals surface area contributed by atoms with Crippen molar-refractivity contribution in [3.63, 3.8) is 0 Å². The van der Waals surface area contributed by atoms with E-state index in [2.05, 4.69) is 20.3 Å². The van der Waals surface area contributed by atoms with Gasteiger partial charge in [0.1, 0.15) is 6.33 Å². The zero-order valence-electron chi connectivity index (χ0n) is 18.6. The zero-order chi connectivity index (χ0) is 22.2. The lowest BCUT2D eigenvalue weighted by atomic mass is 9.81. The molecule has 1 saturated carbocycles. The van der Waals surface area contributed by atoms with Crippen LogP contribution in [0.3, 0.4) is 0 Å². The highest BCUT2D eigenvalue weighted by Crippen LogP contribution is 2.38. The smallest absolute Gasteiger partial charge is 0.230 e. The van der Waals surface area contributed by atoms with Gasteiger partial charge in [-0.3, -0.25) is 0 Å². The number of hydrogen-bond donors (Lipinski definition) is 2. The second-order valence-electron chi connectivity index (χ2n) is 8.23. The van der Waals surface area contributed by atoms with E-state index in [1.807, 2.05) is 20.0 Å². The monoisotopic (exact) mass is 472 g/mol. The molecule has 2 N–H and O–H groups in total. The first kappa shape index (κ1) is 23.1. The Morgan fingerprint density at radius 2 is 1.91 bits per heavy atom. The van der Waals surface area contributed by atoms with Crippen LogP contribution in [0.1, 0.15) is 18.5 Å². The van der Waals surface area contributed by atoms with Crippen molar-refractivity contribution >= 4 is 34.2 Å². The second-order valence-corrected chi connectivity index (χ2v) is 8.23. The number of fused-ring (bicyclic) bond motifs is 2. The average Bonchev–Trinajstić information content (AvgIpc) is 3.15. The van der Waals surface area contributed by atoms with E-state index in [1.54, 1.807) is 31.4 Å². The molecule has 0 unspecified atom stereocenters. The van der Waals surface area contributed by atoms with Crippen LogP contribution in [0.25, 0.3) is 21.8 Å². The number of aromatic nitrogens is 3. The first-order valence-electron chi connectivity index (χ1n) is 10.6. The van der Waals surface area contributed by atoms with Crippen LogP contribution in [0, 0.1) is 18.7 Å². The normalized spacial score (nSPS) is 17.5. The Morgan fingerprint density at radius 3 is 2.67 bits per heavy atom. The molecule has 0 amide bonds. The van der Waals surface area contributed by atoms with Crippen molar-refractivity contribution in [2.75, 3.05) is 20.8 Å². The van der Waals surface area contributed by atoms with Gasteiger partial charge in [-0.25, -0.2) is 14.4 Å². The Bertz CT molecular complexity index is 1290. The molecule has 9 heteroatoms. The highest BCUT2D eigenvalue weighted by Gasteiger charge is 2.28. The summed E-state index contributed by atoms with van der Waals surface area (Å²) in [4.78, 5) is 11.7. The van der Waals surface area contributed by atoms with Crippen LogP contribution >= 0.6 is 12.4 Å². The Hall–Kier alpha value is -3.10. The molecule has 0 aliphatic heterocycles. The summed E-state index contributed by atoms with van der Waals surface area (Å²) in [7, 11) is 3.57. The molecule has 2 heterocycles. The van der Waals surface area contributed by atoms with Crippen molar-refractivity contribution in [3.8, 4) is 23.1 Å². The molecule has 0 radical (unpaired) electrons. The third kappa shape index (κ3) is 4.41. The minimum atomic E-state index is -0.439. The number of halogens is 2. The Morgan fingerprint density at radius 1 is 1.09 bits per heavy atom. The van der Waals surface area contributed by atoms with Gasteiger partial charge in [0.25, 0.3) is 0 Å². The third-order valence-corrected chi connectivity index (χ3v) is 6.05. The number of aromatic amines is 1. The highest BCUT2D eigenvalue weighted by molar-refractivity contribution is 5.87. The SMILES string of the molecule is CN[C@H]1C[C@@H](COc2cc3ncnc(Oc4ccc5[nH]c(C)cc5c4F)c3cc2OC)C1.Cl. The van der Waals surface area contributed by atoms with Crippen LogP contribution in [0.15, 0.2) is 36.7 Å². The average molecular weight is 473 g/mol. The number of benzene rings is 2. The first-order valence-corrected chi connectivity index (χ1v) is 10.6. The summed E-state index contributed by atoms with van der Waals surface area (Å²) in [6.07, 6.45) is 3.60. The number of aryl methyl sites for hydroxylation is 1. The number of nitrogens with one attached hydrogen (secondary N) is 2. The summed E-state index contributed by atoms with van der Waals surface area (Å²) in [5.74, 6) is 1.60. The fraction of sp³-hybridized carbons (Fsp3) is 0.333. The maximum atomic E-state index is 15.0. The van der Waals surface area contributed by atoms with Crippen LogP contribution in [0.4, 0.5) is 4.39 Å². The van der Waals surface area contributed by atoms with Crippen molar-refractivity contribution in [2.45, 2.75) is 25.8 Å². The van der Waals surface area contributed by atoms with Crippen LogP contribution in [0.5, 0.6) is 23.1 Å². The maximum absolute atomic E-state index is 15.0. The van der Waals surface area contributed by atoms with Gasteiger partial charge in [-0.05, 0) is 57.0 Å². The molecule has 1 aliphatic rings. The van der Waals surface area contributed by atoms with E-state index in [1.165, 1.54) is 6.33 Å². The first-order chi connectivity index (χ1) is 15.6. The van der Waals surface area contributed by atoms with E-state index in [0.717, 1.165) is 24.1 Å². The molecule has 7 nitrogen and oxygen atoms in total. The molecular formula is C24H26ClFN4O3. The van der Waals surface area contributed by atoms with Gasteiger partial charge in [0, 0.05) is 28.7 Å². The van der Waals surface area contributed by atoms with E-state index in [-0.39, 0.29) is 24.0 Å². The molecule has 0 saturated heterocycles. The molecule has 33 heavy (non-hydrogen) atoms. The van der Waals surface area contributed by atoms with Crippen molar-refractivity contribution in [2.24, 2.45) is 5.92 Å². The lowest BCUT2D eigenvalue weighted by Crippen LogP contribution is -2.41. The lowest BCUT2D eigenvalue weighted by Gasteiger charge is -2.34. The molecule has 1 fully saturated rings. The summed E-state index contributed by atoms with van der Waals surface area (Å²) < 4.78 is 32.5. The van der Waals surface area contributed by atoms with Crippen LogP contribution in [-0.4, -0.2) is 41.8 Å². The highest BCUT2D eigenvalue weighted by atomic mass is 35.5. The number of H-pyrrole nitrogens is 1. The Kier molecular flexibility index (Phi) is 6.58. The number of rotatable bonds is 7. The molecule has 0 spiro atoms. The lowest BCUT2D eigenvalue weighted by molar-refractivity contribution is 0.142. The number of methoxy groups -OCH3 is 1. The minimum absolute atomic E-state index is 0. The summed E-state index contributed by atoms with van der Waals surface area (Å²) in [5.41, 5.74) is 2.23. The van der Waals surface area contributed by atoms with Gasteiger partial charge >= 0.3 is 0 Å². The molecule has 5 rings (SSSR count). The van der Waals surface area contributed by atoms with Gasteiger partial charge in [0.05, 0.1) is 24.6 Å². The van der Waals surface area contributed by atoms with Crippen LogP contribution in [-0.2, 0) is 0 Å². The summed E-state index contributed by atoms with van der Waals surface area (Å²) in [5, 5.41) is 4.36. The molecule has 4 aromatic rings. The number of ether oxygens (including phenoxy) is 3. The van der Waals surface area contributed by atoms with Crippen molar-refractivity contribution in [1.82, 2.24) is 20.3 Å². The van der Waals surface area contributed by atoms with Crippen molar-refractivity contribution < 1.29 is 18.6 Å². The van der Waals surface area contributed by atoms with Crippen molar-refractivity contribution in [1.29, 1.82) is 0 Å². The topological polar surface area (TPSA) is 81.3 Å². The molecule has 0 atom stereocenters. The van der Waals surface area contributed by atoms with E-state index >= 15 is 4.39 Å². The largest absolute Gasteiger partial charge is 0.493 e. The standard InChI is InChI=1S/C24H25FN4O3.ClH/c1-13-6-16-18(29-13)4-5-20(23(16)25)32-24-17-9-21(30-3)22(10-19(17)27-12-28-24)31-11-14-7-15(8-14)26-2;/h4-6,9-10,12,14-15,26,29H,7-8,11H2,1-3H3;1H/t14-,15+;. The van der Waals surface area contributed by atoms with Crippen LogP contribution < -0.4 is 19.5 Å². The van der Waals surface area contributed by atoms with Gasteiger partial charge < -0.3 is 24.5 Å². The molecule has 2 aromatic carbocycles. The Balaban J connectivity index is 0.00000259. The van der Waals surface area contributed by atoms with Crippen LogP contribution in [0.2, 0.25) is 0 Å². The third-order valence-electron chi connectivity index (χ3n) is 6.05. The van der Waals surface area contributed by atoms with E-state index in [0.29, 0.717) is 46.4 Å². The molecule has 0 bridgehead atoms. The molecule has 1 aliphatic carbocycles. The second kappa shape index (κ2) is 9.41. The fourth-order valence-corrected chi connectivity index (χ4v) is 4.18. The van der Waals surface area contributed by atoms with Gasteiger partial charge in [0.2, 0.25) is 5.88 Å². The van der Waals surface area contributed by atoms with Gasteiger partial charge in [-0.2, -0.15) is 0 Å². The predicted octanol–water partition coefficient (Wildman–Crippen LogP) is 5.16. The minimum Gasteiger partial charge on any atom is -0.493 e. The quantitative estimate of drug-likeness (QED) is 0.387. The zero-order valence-corrected chi connectivity index (χ0v) is 19.5. The van der Waals surface area contributed by atoms with Gasteiger partial charge in [-0.1, -0.05) is 0 Å². The summed E-state index contributed by atoms with van der Waals surface area (Å²) in [6.45, 7) is 2.50. The number of nitrogens with zero attached hydrogens (tertiary/aromatic N) is 2. The van der Waals surface area contributed by atoms with E-state index in [4.69, 9.17) is 14.2 Å². The van der Waals surface area contributed by atoms with Gasteiger partial charge in [-0.15, -0.1) is 12.4 Å². The molecular weight excluding hydrogens is 447 g/mol. The number of hydrogen-bond acceptors (Lipinski definition) is 6. The van der Waals surface area contributed by atoms with Gasteiger partial charge in [0.15, 0.2) is 23.1 Å². The van der Waals surface area contributed by atoms with E-state index < -0.39 is 5.82 Å². The Labute approximate surface area is 197 Å². The molecule has 2 aromatic heterocycles. The molecule has 174 valence electrons. The fourth-order valence-electron chi connectivity index (χ4n) is 4.18.